The van der Waals surface area contributed by atoms with E-state index < -0.39 is 0 Å². The van der Waals surface area contributed by atoms with Crippen LogP contribution in [0.5, 0.6) is 0 Å². The van der Waals surface area contributed by atoms with E-state index >= 15 is 0 Å². The zero-order chi connectivity index (χ0) is 18.6. The number of fused-ring (bicyclic) bond motifs is 1. The van der Waals surface area contributed by atoms with Crippen LogP contribution in [0.2, 0.25) is 0 Å². The van der Waals surface area contributed by atoms with Crippen LogP contribution in [0.25, 0.3) is 22.0 Å². The monoisotopic (exact) mass is 350 g/mol. The van der Waals surface area contributed by atoms with E-state index in [1.807, 2.05) is 36.4 Å². The van der Waals surface area contributed by atoms with Crippen molar-refractivity contribution in [2.45, 2.75) is 13.3 Å². The van der Waals surface area contributed by atoms with E-state index in [0.29, 0.717) is 6.42 Å². The van der Waals surface area contributed by atoms with Crippen LogP contribution in [-0.2, 0) is 6.42 Å². The van der Waals surface area contributed by atoms with Crippen molar-refractivity contribution >= 4 is 22.4 Å². The van der Waals surface area contributed by atoms with Crippen molar-refractivity contribution in [2.75, 3.05) is 5.32 Å². The molecule has 4 nitrogen and oxygen atoms in total. The summed E-state index contributed by atoms with van der Waals surface area (Å²) in [6, 6.07) is 24.6. The van der Waals surface area contributed by atoms with Gasteiger partial charge in [0.25, 0.3) is 0 Å². The van der Waals surface area contributed by atoms with Gasteiger partial charge in [-0.05, 0) is 53.4 Å². The molecule has 0 unspecified atom stereocenters. The van der Waals surface area contributed by atoms with Crippen molar-refractivity contribution in [1.82, 2.24) is 9.97 Å². The third-order valence-corrected chi connectivity index (χ3v) is 4.59. The quantitative estimate of drug-likeness (QED) is 0.534. The molecular weight excluding hydrogens is 332 g/mol. The minimum absolute atomic E-state index is 0.413. The van der Waals surface area contributed by atoms with E-state index in [4.69, 9.17) is 5.26 Å². The second-order valence-electron chi connectivity index (χ2n) is 6.43. The minimum atomic E-state index is 0.413. The van der Waals surface area contributed by atoms with Gasteiger partial charge < -0.3 is 5.32 Å². The highest BCUT2D eigenvalue weighted by atomic mass is 15.0. The van der Waals surface area contributed by atoms with Crippen LogP contribution in [0.15, 0.2) is 73.1 Å². The molecule has 1 heterocycles. The highest BCUT2D eigenvalue weighted by molar-refractivity contribution is 5.94. The van der Waals surface area contributed by atoms with Crippen LogP contribution in [0.1, 0.15) is 11.1 Å². The van der Waals surface area contributed by atoms with E-state index in [9.17, 15) is 0 Å². The Bertz CT molecular complexity index is 1140. The normalized spacial score (nSPS) is 10.5. The van der Waals surface area contributed by atoms with Gasteiger partial charge in [0.1, 0.15) is 12.1 Å². The van der Waals surface area contributed by atoms with Gasteiger partial charge in [-0.1, -0.05) is 42.5 Å². The Kier molecular flexibility index (Phi) is 4.51. The average Bonchev–Trinajstić information content (AvgIpc) is 2.70. The molecular formula is C23H18N4. The second-order valence-corrected chi connectivity index (χ2v) is 6.43. The molecule has 0 saturated carbocycles. The first kappa shape index (κ1) is 16.7. The van der Waals surface area contributed by atoms with Crippen LogP contribution in [0.3, 0.4) is 0 Å². The smallest absolute Gasteiger partial charge is 0.141 e. The van der Waals surface area contributed by atoms with Gasteiger partial charge in [0.2, 0.25) is 0 Å². The number of hydrogen-bond donors (Lipinski definition) is 1. The standard InChI is InChI=1S/C23H18N4/c1-16-4-2-3-5-20(16)18-8-11-22-21(14-18)23(26-15-25-22)27-19-9-6-17(7-10-19)12-13-24/h2-11,14-15H,12H2,1H3,(H,25,26,27). The molecule has 27 heavy (non-hydrogen) atoms. The maximum Gasteiger partial charge on any atom is 0.141 e. The van der Waals surface area contributed by atoms with E-state index in [0.717, 1.165) is 33.5 Å². The summed E-state index contributed by atoms with van der Waals surface area (Å²) in [5.41, 5.74) is 6.40. The summed E-state index contributed by atoms with van der Waals surface area (Å²) >= 11 is 0. The lowest BCUT2D eigenvalue weighted by atomic mass is 9.99. The first-order chi connectivity index (χ1) is 13.2. The van der Waals surface area contributed by atoms with Gasteiger partial charge in [-0.2, -0.15) is 5.26 Å². The lowest BCUT2D eigenvalue weighted by Gasteiger charge is -2.11. The molecule has 0 fully saturated rings. The highest BCUT2D eigenvalue weighted by Crippen LogP contribution is 2.30. The van der Waals surface area contributed by atoms with Crippen molar-refractivity contribution in [2.24, 2.45) is 0 Å². The fraction of sp³-hybridized carbons (Fsp3) is 0.0870. The van der Waals surface area contributed by atoms with Crippen molar-refractivity contribution in [1.29, 1.82) is 5.26 Å². The van der Waals surface area contributed by atoms with Gasteiger partial charge in [-0.25, -0.2) is 9.97 Å². The van der Waals surface area contributed by atoms with Crippen molar-refractivity contribution < 1.29 is 0 Å². The number of aromatic nitrogens is 2. The molecule has 3 aromatic carbocycles. The molecule has 0 radical (unpaired) electrons. The van der Waals surface area contributed by atoms with Gasteiger partial charge in [-0.3, -0.25) is 0 Å². The number of nitriles is 1. The van der Waals surface area contributed by atoms with E-state index in [2.05, 4.69) is 58.6 Å². The summed E-state index contributed by atoms with van der Waals surface area (Å²) in [6.07, 6.45) is 1.98. The molecule has 1 aromatic heterocycles. The summed E-state index contributed by atoms with van der Waals surface area (Å²) in [5.74, 6) is 0.767. The predicted octanol–water partition coefficient (Wildman–Crippen LogP) is 5.41. The first-order valence-electron chi connectivity index (χ1n) is 8.78. The lowest BCUT2D eigenvalue weighted by molar-refractivity contribution is 1.21. The van der Waals surface area contributed by atoms with Crippen LogP contribution in [-0.4, -0.2) is 9.97 Å². The van der Waals surface area contributed by atoms with Crippen molar-refractivity contribution in [3.8, 4) is 17.2 Å². The van der Waals surface area contributed by atoms with Crippen LogP contribution in [0.4, 0.5) is 11.5 Å². The number of benzene rings is 3. The Labute approximate surface area is 158 Å². The molecule has 0 aliphatic carbocycles. The van der Waals surface area contributed by atoms with Gasteiger partial charge >= 0.3 is 0 Å². The number of aryl methyl sites for hydroxylation is 1. The summed E-state index contributed by atoms with van der Waals surface area (Å²) < 4.78 is 0. The zero-order valence-electron chi connectivity index (χ0n) is 15.0. The molecule has 1 N–H and O–H groups in total. The molecule has 0 bridgehead atoms. The van der Waals surface area contributed by atoms with Crippen molar-refractivity contribution in [3.05, 3.63) is 84.2 Å². The Morgan fingerprint density at radius 2 is 1.78 bits per heavy atom. The topological polar surface area (TPSA) is 61.6 Å². The number of hydrogen-bond acceptors (Lipinski definition) is 4. The molecule has 130 valence electrons. The molecule has 4 heteroatoms. The second kappa shape index (κ2) is 7.27. The molecule has 0 saturated heterocycles. The Balaban J connectivity index is 1.73. The maximum absolute atomic E-state index is 8.80. The lowest BCUT2D eigenvalue weighted by Crippen LogP contribution is -1.96. The van der Waals surface area contributed by atoms with E-state index in [1.54, 1.807) is 6.33 Å². The number of anilines is 2. The largest absolute Gasteiger partial charge is 0.340 e. The molecule has 4 aromatic rings. The van der Waals surface area contributed by atoms with Gasteiger partial charge in [0.15, 0.2) is 0 Å². The third-order valence-electron chi connectivity index (χ3n) is 4.59. The Morgan fingerprint density at radius 1 is 0.963 bits per heavy atom. The van der Waals surface area contributed by atoms with Gasteiger partial charge in [0, 0.05) is 11.1 Å². The summed E-state index contributed by atoms with van der Waals surface area (Å²) in [6.45, 7) is 2.11. The van der Waals surface area contributed by atoms with Crippen LogP contribution >= 0.6 is 0 Å². The first-order valence-corrected chi connectivity index (χ1v) is 8.78. The van der Waals surface area contributed by atoms with E-state index in [1.165, 1.54) is 11.1 Å². The number of rotatable bonds is 4. The SMILES string of the molecule is Cc1ccccc1-c1ccc2ncnc(Nc3ccc(CC#N)cc3)c2c1. The third kappa shape index (κ3) is 3.49. The molecule has 4 rings (SSSR count). The van der Waals surface area contributed by atoms with Crippen LogP contribution in [0, 0.1) is 18.3 Å². The average molecular weight is 350 g/mol. The molecule has 0 spiro atoms. The number of nitrogens with one attached hydrogen (secondary N) is 1. The number of nitrogens with zero attached hydrogens (tertiary/aromatic N) is 3. The Morgan fingerprint density at radius 3 is 2.56 bits per heavy atom. The minimum Gasteiger partial charge on any atom is -0.340 e. The van der Waals surface area contributed by atoms with Crippen molar-refractivity contribution in [3.63, 3.8) is 0 Å². The van der Waals surface area contributed by atoms with Crippen LogP contribution < -0.4 is 5.32 Å². The summed E-state index contributed by atoms with van der Waals surface area (Å²) in [4.78, 5) is 8.84. The summed E-state index contributed by atoms with van der Waals surface area (Å²) in [7, 11) is 0. The molecule has 0 atom stereocenters. The maximum atomic E-state index is 8.80. The van der Waals surface area contributed by atoms with Gasteiger partial charge in [0.05, 0.1) is 18.0 Å². The van der Waals surface area contributed by atoms with E-state index in [-0.39, 0.29) is 0 Å². The molecule has 0 amide bonds. The zero-order valence-corrected chi connectivity index (χ0v) is 15.0. The predicted molar refractivity (Wildman–Crippen MR) is 109 cm³/mol. The van der Waals surface area contributed by atoms with Gasteiger partial charge in [-0.15, -0.1) is 0 Å². The Hall–Kier alpha value is -3.71. The highest BCUT2D eigenvalue weighted by Gasteiger charge is 2.08. The molecule has 0 aliphatic heterocycles. The molecule has 0 aliphatic rings. The fourth-order valence-electron chi connectivity index (χ4n) is 3.15. The summed E-state index contributed by atoms with van der Waals surface area (Å²) in [5, 5.41) is 13.1. The fourth-order valence-corrected chi connectivity index (χ4v) is 3.15.